The molecule has 0 fully saturated rings. The van der Waals surface area contributed by atoms with Crippen LogP contribution < -0.4 is 5.12 Å². The second kappa shape index (κ2) is 5.37. The molecule has 0 aliphatic rings. The predicted molar refractivity (Wildman–Crippen MR) is 54.6 cm³/mol. The van der Waals surface area contributed by atoms with Crippen LogP contribution in [0.5, 0.6) is 0 Å². The maximum atomic E-state index is 13.3. The van der Waals surface area contributed by atoms with Crippen molar-refractivity contribution in [1.82, 2.24) is 0 Å². The zero-order valence-corrected chi connectivity index (χ0v) is 8.24. The van der Waals surface area contributed by atoms with Gasteiger partial charge in [-0.15, -0.1) is 5.12 Å². The van der Waals surface area contributed by atoms with Gasteiger partial charge in [-0.2, -0.15) is 0 Å². The maximum Gasteiger partial charge on any atom is 0.255 e. The first kappa shape index (κ1) is 10.7. The normalized spacial score (nSPS) is 9.86. The van der Waals surface area contributed by atoms with Gasteiger partial charge in [0.25, 0.3) is 5.91 Å². The minimum atomic E-state index is -0.474. The lowest BCUT2D eigenvalue weighted by molar-refractivity contribution is -0.121. The molecule has 0 aromatic heterocycles. The molecule has 1 amide bonds. The molecule has 2 nitrogen and oxygen atoms in total. The minimum Gasteiger partial charge on any atom is -0.272 e. The molecule has 0 saturated heterocycles. The quantitative estimate of drug-likeness (QED) is 0.676. The Bertz CT molecular complexity index is 287. The highest BCUT2D eigenvalue weighted by molar-refractivity contribution is 5.90. The topological polar surface area (TPSA) is 20.3 Å². The second-order valence-electron chi connectivity index (χ2n) is 3.11. The molecule has 1 aromatic carbocycles. The third-order valence-corrected chi connectivity index (χ3v) is 1.95. The number of benzene rings is 1. The molecule has 0 bridgehead atoms. The van der Waals surface area contributed by atoms with Gasteiger partial charge in [0.2, 0.25) is 0 Å². The first-order chi connectivity index (χ1) is 6.75. The molecule has 0 saturated carbocycles. The number of rotatable bonds is 4. The summed E-state index contributed by atoms with van der Waals surface area (Å²) in [6, 6.07) is 8.34. The van der Waals surface area contributed by atoms with E-state index in [2.05, 4.69) is 0 Å². The van der Waals surface area contributed by atoms with Gasteiger partial charge in [0, 0.05) is 6.42 Å². The Morgan fingerprint density at radius 2 is 2.00 bits per heavy atom. The van der Waals surface area contributed by atoms with E-state index in [0.29, 0.717) is 5.69 Å². The fraction of sp³-hybridized carbons (Fsp3) is 0.364. The number of carbonyl (C=O) groups is 1. The van der Waals surface area contributed by atoms with Crippen LogP contribution >= 0.6 is 0 Å². The number of para-hydroxylation sites is 1. The van der Waals surface area contributed by atoms with Crippen LogP contribution in [0.4, 0.5) is 10.2 Å². The number of amides is 1. The molecular formula is C11H14FNO. The monoisotopic (exact) mass is 195 g/mol. The number of carbonyl (C=O) groups excluding carboxylic acids is 1. The zero-order valence-electron chi connectivity index (χ0n) is 8.24. The number of anilines is 1. The van der Waals surface area contributed by atoms with E-state index in [4.69, 9.17) is 0 Å². The summed E-state index contributed by atoms with van der Waals surface area (Å²) in [4.78, 5) is 11.3. The van der Waals surface area contributed by atoms with Gasteiger partial charge >= 0.3 is 0 Å². The van der Waals surface area contributed by atoms with Crippen molar-refractivity contribution in [2.24, 2.45) is 0 Å². The van der Waals surface area contributed by atoms with Crippen molar-refractivity contribution in [3.05, 3.63) is 30.3 Å². The van der Waals surface area contributed by atoms with E-state index in [1.165, 1.54) is 0 Å². The molecule has 3 heteroatoms. The highest BCUT2D eigenvalue weighted by Gasteiger charge is 2.13. The number of unbranched alkanes of at least 4 members (excludes halogenated alkanes) is 1. The van der Waals surface area contributed by atoms with Crippen molar-refractivity contribution in [3.8, 4) is 0 Å². The Kier molecular flexibility index (Phi) is 4.11. The summed E-state index contributed by atoms with van der Waals surface area (Å²) in [5, 5.41) is 0.218. The van der Waals surface area contributed by atoms with Crippen molar-refractivity contribution in [3.63, 3.8) is 0 Å². The van der Waals surface area contributed by atoms with Crippen molar-refractivity contribution in [2.75, 3.05) is 5.12 Å². The molecule has 0 aliphatic carbocycles. The summed E-state index contributed by atoms with van der Waals surface area (Å²) in [5.41, 5.74) is 0.300. The number of halogens is 1. The van der Waals surface area contributed by atoms with E-state index in [9.17, 15) is 9.28 Å². The van der Waals surface area contributed by atoms with Gasteiger partial charge in [0.05, 0.1) is 5.69 Å². The molecule has 1 rings (SSSR count). The first-order valence-electron chi connectivity index (χ1n) is 4.79. The van der Waals surface area contributed by atoms with E-state index >= 15 is 0 Å². The maximum absolute atomic E-state index is 13.3. The summed E-state index contributed by atoms with van der Waals surface area (Å²) < 4.78 is 13.3. The standard InChI is InChI=1S/C11H14FNO/c1-2-3-9-11(14)13(12)10-7-5-4-6-8-10/h4-8H,2-3,9H2,1H3. The fourth-order valence-corrected chi connectivity index (χ4v) is 1.13. The lowest BCUT2D eigenvalue weighted by Crippen LogP contribution is -2.21. The summed E-state index contributed by atoms with van der Waals surface area (Å²) in [6.45, 7) is 1.97. The molecule has 0 spiro atoms. The summed E-state index contributed by atoms with van der Waals surface area (Å²) >= 11 is 0. The molecular weight excluding hydrogens is 181 g/mol. The van der Waals surface area contributed by atoms with Gasteiger partial charge in [-0.25, -0.2) is 0 Å². The van der Waals surface area contributed by atoms with Crippen LogP contribution in [0.3, 0.4) is 0 Å². The Hall–Kier alpha value is -1.38. The number of nitrogens with zero attached hydrogens (tertiary/aromatic N) is 1. The first-order valence-corrected chi connectivity index (χ1v) is 4.79. The van der Waals surface area contributed by atoms with E-state index in [1.54, 1.807) is 30.3 Å². The summed E-state index contributed by atoms with van der Waals surface area (Å²) in [5.74, 6) is -0.474. The molecule has 0 unspecified atom stereocenters. The Labute approximate surface area is 83.3 Å². The van der Waals surface area contributed by atoms with Crippen molar-refractivity contribution in [1.29, 1.82) is 0 Å². The molecule has 76 valence electrons. The van der Waals surface area contributed by atoms with Crippen LogP contribution in [0.2, 0.25) is 0 Å². The van der Waals surface area contributed by atoms with Crippen LogP contribution in [0.15, 0.2) is 30.3 Å². The molecule has 0 heterocycles. The molecule has 0 N–H and O–H groups in total. The summed E-state index contributed by atoms with van der Waals surface area (Å²) in [7, 11) is 0. The third-order valence-electron chi connectivity index (χ3n) is 1.95. The minimum absolute atomic E-state index is 0.218. The van der Waals surface area contributed by atoms with Crippen LogP contribution in [0.1, 0.15) is 26.2 Å². The molecule has 0 aliphatic heterocycles. The molecule has 14 heavy (non-hydrogen) atoms. The molecule has 1 aromatic rings. The molecule has 0 radical (unpaired) electrons. The lowest BCUT2D eigenvalue weighted by Gasteiger charge is -2.10. The van der Waals surface area contributed by atoms with Gasteiger partial charge < -0.3 is 0 Å². The predicted octanol–water partition coefficient (Wildman–Crippen LogP) is 3.09. The van der Waals surface area contributed by atoms with Crippen LogP contribution in [0.25, 0.3) is 0 Å². The Balaban J connectivity index is 2.57. The van der Waals surface area contributed by atoms with Crippen molar-refractivity contribution < 1.29 is 9.28 Å². The van der Waals surface area contributed by atoms with E-state index < -0.39 is 5.91 Å². The smallest absolute Gasteiger partial charge is 0.255 e. The third kappa shape index (κ3) is 2.83. The van der Waals surface area contributed by atoms with Gasteiger partial charge in [0.15, 0.2) is 0 Å². The van der Waals surface area contributed by atoms with Gasteiger partial charge in [-0.1, -0.05) is 36.0 Å². The zero-order chi connectivity index (χ0) is 10.4. The average molecular weight is 195 g/mol. The SMILES string of the molecule is CCCCC(=O)N(F)c1ccccc1. The number of hydrogen-bond donors (Lipinski definition) is 0. The second-order valence-corrected chi connectivity index (χ2v) is 3.11. The molecule has 0 atom stereocenters. The van der Waals surface area contributed by atoms with Crippen molar-refractivity contribution in [2.45, 2.75) is 26.2 Å². The van der Waals surface area contributed by atoms with E-state index in [1.807, 2.05) is 6.92 Å². The largest absolute Gasteiger partial charge is 0.272 e. The highest BCUT2D eigenvalue weighted by atomic mass is 19.2. The van der Waals surface area contributed by atoms with Crippen molar-refractivity contribution >= 4 is 11.6 Å². The number of hydrogen-bond acceptors (Lipinski definition) is 1. The van der Waals surface area contributed by atoms with E-state index in [0.717, 1.165) is 12.8 Å². The summed E-state index contributed by atoms with van der Waals surface area (Å²) in [6.07, 6.45) is 1.89. The van der Waals surface area contributed by atoms with Gasteiger partial charge in [-0.3, -0.25) is 4.79 Å². The van der Waals surface area contributed by atoms with Crippen LogP contribution in [-0.4, -0.2) is 5.91 Å². The Morgan fingerprint density at radius 1 is 1.36 bits per heavy atom. The van der Waals surface area contributed by atoms with Gasteiger partial charge in [-0.05, 0) is 18.6 Å². The van der Waals surface area contributed by atoms with Crippen LogP contribution in [0, 0.1) is 0 Å². The van der Waals surface area contributed by atoms with E-state index in [-0.39, 0.29) is 11.5 Å². The fourth-order valence-electron chi connectivity index (χ4n) is 1.13. The van der Waals surface area contributed by atoms with Gasteiger partial charge in [0.1, 0.15) is 0 Å². The van der Waals surface area contributed by atoms with Crippen LogP contribution in [-0.2, 0) is 4.79 Å². The lowest BCUT2D eigenvalue weighted by atomic mass is 10.2. The average Bonchev–Trinajstić information content (AvgIpc) is 2.26. The Morgan fingerprint density at radius 3 is 2.57 bits per heavy atom. The highest BCUT2D eigenvalue weighted by Crippen LogP contribution is 2.15.